The maximum absolute atomic E-state index is 12.2. The number of rotatable bonds is 6. The van der Waals surface area contributed by atoms with E-state index in [1.54, 1.807) is 0 Å². The molecule has 0 aliphatic rings. The third-order valence-corrected chi connectivity index (χ3v) is 4.03. The van der Waals surface area contributed by atoms with Crippen molar-refractivity contribution >= 4 is 29.9 Å². The first-order valence-electron chi connectivity index (χ1n) is 7.33. The average molecular weight is 314 g/mol. The highest BCUT2D eigenvalue weighted by atomic mass is 32.1. The maximum Gasteiger partial charge on any atom is 0.225 e. The highest BCUT2D eigenvalue weighted by Crippen LogP contribution is 2.22. The molecule has 22 heavy (non-hydrogen) atoms. The second kappa shape index (κ2) is 7.90. The Balaban J connectivity index is 1.97. The first-order valence-corrected chi connectivity index (χ1v) is 7.96. The average Bonchev–Trinajstić information content (AvgIpc) is 2.54. The first kappa shape index (κ1) is 16.4. The van der Waals surface area contributed by atoms with Crippen LogP contribution in [0.3, 0.4) is 0 Å². The zero-order chi connectivity index (χ0) is 15.9. The van der Waals surface area contributed by atoms with Gasteiger partial charge in [-0.25, -0.2) is 0 Å². The summed E-state index contributed by atoms with van der Waals surface area (Å²) in [5.41, 5.74) is 3.08. The van der Waals surface area contributed by atoms with Gasteiger partial charge in [0.25, 0.3) is 0 Å². The summed E-state index contributed by atoms with van der Waals surface area (Å²) < 4.78 is 0. The Morgan fingerprint density at radius 2 is 1.73 bits per heavy atom. The largest absolute Gasteiger partial charge is 0.378 e. The highest BCUT2D eigenvalue weighted by molar-refractivity contribution is 7.80. The van der Waals surface area contributed by atoms with Gasteiger partial charge in [-0.2, -0.15) is 12.6 Å². The van der Waals surface area contributed by atoms with E-state index in [4.69, 9.17) is 0 Å². The Hall–Kier alpha value is -1.94. The number of carbonyl (C=O) groups is 1. The molecule has 0 bridgehead atoms. The fourth-order valence-corrected chi connectivity index (χ4v) is 2.63. The SMILES string of the molecule is CN(C)c1ccc(NC(=O)CC(CS)c2ccccc2)cc1. The summed E-state index contributed by atoms with van der Waals surface area (Å²) in [6.45, 7) is 0. The first-order chi connectivity index (χ1) is 10.6. The second-order valence-corrected chi connectivity index (χ2v) is 5.85. The molecule has 0 aliphatic heterocycles. The molecule has 0 spiro atoms. The lowest BCUT2D eigenvalue weighted by molar-refractivity contribution is -0.116. The zero-order valence-electron chi connectivity index (χ0n) is 13.0. The lowest BCUT2D eigenvalue weighted by Crippen LogP contribution is -2.16. The molecule has 116 valence electrons. The van der Waals surface area contributed by atoms with Crippen LogP contribution in [0.5, 0.6) is 0 Å². The fraction of sp³-hybridized carbons (Fsp3) is 0.278. The lowest BCUT2D eigenvalue weighted by Gasteiger charge is -2.16. The van der Waals surface area contributed by atoms with Crippen LogP contribution in [-0.2, 0) is 4.79 Å². The van der Waals surface area contributed by atoms with Crippen molar-refractivity contribution in [1.29, 1.82) is 0 Å². The quantitative estimate of drug-likeness (QED) is 0.795. The third-order valence-electron chi connectivity index (χ3n) is 3.59. The molecule has 4 heteroatoms. The van der Waals surface area contributed by atoms with Crippen molar-refractivity contribution in [2.45, 2.75) is 12.3 Å². The molecule has 0 aliphatic carbocycles. The Kier molecular flexibility index (Phi) is 5.90. The third kappa shape index (κ3) is 4.53. The van der Waals surface area contributed by atoms with Gasteiger partial charge in [0.1, 0.15) is 0 Å². The summed E-state index contributed by atoms with van der Waals surface area (Å²) >= 11 is 4.38. The normalized spacial score (nSPS) is 11.8. The predicted octanol–water partition coefficient (Wildman–Crippen LogP) is 3.79. The van der Waals surface area contributed by atoms with E-state index >= 15 is 0 Å². The zero-order valence-corrected chi connectivity index (χ0v) is 13.9. The minimum Gasteiger partial charge on any atom is -0.378 e. The van der Waals surface area contributed by atoms with Crippen molar-refractivity contribution in [1.82, 2.24) is 0 Å². The van der Waals surface area contributed by atoms with Crippen LogP contribution in [0, 0.1) is 0 Å². The van der Waals surface area contributed by atoms with E-state index in [2.05, 4.69) is 17.9 Å². The molecule has 1 amide bonds. The molecule has 3 nitrogen and oxygen atoms in total. The van der Waals surface area contributed by atoms with Crippen molar-refractivity contribution in [3.05, 3.63) is 60.2 Å². The van der Waals surface area contributed by atoms with Crippen molar-refractivity contribution in [3.8, 4) is 0 Å². The Labute approximate surface area is 137 Å². The molecule has 2 aromatic carbocycles. The van der Waals surface area contributed by atoms with Crippen LogP contribution in [0.25, 0.3) is 0 Å². The van der Waals surface area contributed by atoms with E-state index in [0.717, 1.165) is 16.9 Å². The number of hydrogen-bond donors (Lipinski definition) is 2. The number of nitrogens with one attached hydrogen (secondary N) is 1. The monoisotopic (exact) mass is 314 g/mol. The number of carbonyl (C=O) groups excluding carboxylic acids is 1. The molecular formula is C18H22N2OS. The fourth-order valence-electron chi connectivity index (χ4n) is 2.29. The van der Waals surface area contributed by atoms with Crippen molar-refractivity contribution < 1.29 is 4.79 Å². The minimum absolute atomic E-state index is 0.0144. The van der Waals surface area contributed by atoms with Crippen LogP contribution < -0.4 is 10.2 Å². The molecule has 0 aromatic heterocycles. The lowest BCUT2D eigenvalue weighted by atomic mass is 9.97. The molecule has 0 saturated carbocycles. The van der Waals surface area contributed by atoms with Gasteiger partial charge in [0, 0.05) is 37.8 Å². The Bertz CT molecular complexity index is 596. The Morgan fingerprint density at radius 1 is 1.09 bits per heavy atom. The number of nitrogens with zero attached hydrogens (tertiary/aromatic N) is 1. The molecule has 1 unspecified atom stereocenters. The van der Waals surface area contributed by atoms with Gasteiger partial charge in [-0.15, -0.1) is 0 Å². The molecule has 0 saturated heterocycles. The van der Waals surface area contributed by atoms with Gasteiger partial charge in [-0.3, -0.25) is 4.79 Å². The second-order valence-electron chi connectivity index (χ2n) is 5.48. The molecular weight excluding hydrogens is 292 g/mol. The number of anilines is 2. The topological polar surface area (TPSA) is 32.3 Å². The van der Waals surface area contributed by atoms with Gasteiger partial charge < -0.3 is 10.2 Å². The molecule has 1 N–H and O–H groups in total. The number of benzene rings is 2. The predicted molar refractivity (Wildman–Crippen MR) is 97.1 cm³/mol. The van der Waals surface area contributed by atoms with Crippen LogP contribution in [-0.4, -0.2) is 25.8 Å². The summed E-state index contributed by atoms with van der Waals surface area (Å²) in [4.78, 5) is 14.2. The van der Waals surface area contributed by atoms with Crippen LogP contribution >= 0.6 is 12.6 Å². The summed E-state index contributed by atoms with van der Waals surface area (Å²) in [5, 5.41) is 2.95. The number of hydrogen-bond acceptors (Lipinski definition) is 3. The standard InChI is InChI=1S/C18H22N2OS/c1-20(2)17-10-8-16(9-11-17)19-18(21)12-15(13-22)14-6-4-3-5-7-14/h3-11,15,22H,12-13H2,1-2H3,(H,19,21). The van der Waals surface area contributed by atoms with Crippen LogP contribution in [0.15, 0.2) is 54.6 Å². The van der Waals surface area contributed by atoms with E-state index in [1.807, 2.05) is 73.6 Å². The van der Waals surface area contributed by atoms with Gasteiger partial charge in [0.05, 0.1) is 0 Å². The van der Waals surface area contributed by atoms with E-state index in [-0.39, 0.29) is 11.8 Å². The number of amides is 1. The van der Waals surface area contributed by atoms with Crippen molar-refractivity contribution in [2.24, 2.45) is 0 Å². The molecule has 1 atom stereocenters. The van der Waals surface area contributed by atoms with E-state index in [0.29, 0.717) is 12.2 Å². The van der Waals surface area contributed by atoms with Gasteiger partial charge in [0.15, 0.2) is 0 Å². The van der Waals surface area contributed by atoms with E-state index in [9.17, 15) is 4.79 Å². The van der Waals surface area contributed by atoms with E-state index < -0.39 is 0 Å². The van der Waals surface area contributed by atoms with Gasteiger partial charge >= 0.3 is 0 Å². The van der Waals surface area contributed by atoms with Crippen LogP contribution in [0.4, 0.5) is 11.4 Å². The summed E-state index contributed by atoms with van der Waals surface area (Å²) in [7, 11) is 3.98. The van der Waals surface area contributed by atoms with Gasteiger partial charge in [0.2, 0.25) is 5.91 Å². The minimum atomic E-state index is 0.0144. The highest BCUT2D eigenvalue weighted by Gasteiger charge is 2.14. The molecule has 0 fully saturated rings. The molecule has 2 rings (SSSR count). The van der Waals surface area contributed by atoms with Crippen molar-refractivity contribution in [3.63, 3.8) is 0 Å². The molecule has 0 radical (unpaired) electrons. The van der Waals surface area contributed by atoms with Gasteiger partial charge in [-0.1, -0.05) is 30.3 Å². The maximum atomic E-state index is 12.2. The summed E-state index contributed by atoms with van der Waals surface area (Å²) in [6, 6.07) is 17.9. The van der Waals surface area contributed by atoms with Crippen molar-refractivity contribution in [2.75, 3.05) is 30.1 Å². The Morgan fingerprint density at radius 3 is 2.27 bits per heavy atom. The summed E-state index contributed by atoms with van der Waals surface area (Å²) in [6.07, 6.45) is 0.433. The van der Waals surface area contributed by atoms with Crippen LogP contribution in [0.2, 0.25) is 0 Å². The van der Waals surface area contributed by atoms with E-state index in [1.165, 1.54) is 0 Å². The smallest absolute Gasteiger partial charge is 0.225 e. The molecule has 2 aromatic rings. The summed E-state index contributed by atoms with van der Waals surface area (Å²) in [5.74, 6) is 0.794. The van der Waals surface area contributed by atoms with Crippen LogP contribution in [0.1, 0.15) is 17.9 Å². The van der Waals surface area contributed by atoms with Gasteiger partial charge in [-0.05, 0) is 35.6 Å². The number of thiol groups is 1. The molecule has 0 heterocycles.